The first-order valence-electron chi connectivity index (χ1n) is 5.08. The van der Waals surface area contributed by atoms with E-state index in [1.54, 1.807) is 24.3 Å². The van der Waals surface area contributed by atoms with Crippen LogP contribution in [0.3, 0.4) is 0 Å². The van der Waals surface area contributed by atoms with Gasteiger partial charge >= 0.3 is 0 Å². The average molecular weight is 239 g/mol. The lowest BCUT2D eigenvalue weighted by Crippen LogP contribution is -2.23. The molecule has 0 amide bonds. The summed E-state index contributed by atoms with van der Waals surface area (Å²) in [5.41, 5.74) is 1.37. The van der Waals surface area contributed by atoms with Crippen molar-refractivity contribution in [3.8, 4) is 11.5 Å². The minimum absolute atomic E-state index is 0.401. The van der Waals surface area contributed by atoms with Gasteiger partial charge < -0.3 is 9.73 Å². The molecule has 0 aliphatic rings. The Morgan fingerprint density at radius 3 is 2.47 bits per heavy atom. The molecule has 0 aliphatic carbocycles. The third-order valence-corrected chi connectivity index (χ3v) is 2.26. The molecular weight excluding hydrogens is 228 g/mol. The van der Waals surface area contributed by atoms with Crippen molar-refractivity contribution in [2.45, 2.75) is 19.4 Å². The number of hydrogen-bond acceptors (Lipinski definition) is 4. The molecule has 0 saturated carbocycles. The number of alkyl halides is 2. The standard InChI is InChI=1S/C11H11F2N3O/c1-7(10(12)13)15-9-4-2-8(3-5-9)11-16-14-6-17-11/h2-7,10,15H,1H3. The fraction of sp³-hybridized carbons (Fsp3) is 0.273. The van der Waals surface area contributed by atoms with Gasteiger partial charge in [0.25, 0.3) is 6.43 Å². The fourth-order valence-corrected chi connectivity index (χ4v) is 1.33. The SMILES string of the molecule is CC(Nc1ccc(-c2nnco2)cc1)C(F)F. The topological polar surface area (TPSA) is 51.0 Å². The molecule has 1 heterocycles. The van der Waals surface area contributed by atoms with E-state index in [0.29, 0.717) is 11.6 Å². The van der Waals surface area contributed by atoms with E-state index in [9.17, 15) is 8.78 Å². The number of rotatable bonds is 4. The van der Waals surface area contributed by atoms with E-state index in [0.717, 1.165) is 5.56 Å². The fourth-order valence-electron chi connectivity index (χ4n) is 1.33. The van der Waals surface area contributed by atoms with E-state index in [-0.39, 0.29) is 0 Å². The van der Waals surface area contributed by atoms with Crippen LogP contribution in [0, 0.1) is 0 Å². The van der Waals surface area contributed by atoms with E-state index in [2.05, 4.69) is 15.5 Å². The molecule has 1 atom stereocenters. The zero-order valence-electron chi connectivity index (χ0n) is 9.10. The molecule has 1 aromatic heterocycles. The molecule has 0 bridgehead atoms. The number of aromatic nitrogens is 2. The van der Waals surface area contributed by atoms with Crippen LogP contribution in [0.4, 0.5) is 14.5 Å². The third kappa shape index (κ3) is 2.77. The number of nitrogens with zero attached hydrogens (tertiary/aromatic N) is 2. The molecule has 90 valence electrons. The van der Waals surface area contributed by atoms with Gasteiger partial charge in [0.05, 0.1) is 6.04 Å². The Labute approximate surface area is 96.7 Å². The predicted octanol–water partition coefficient (Wildman–Crippen LogP) is 2.80. The average Bonchev–Trinajstić information content (AvgIpc) is 2.83. The summed E-state index contributed by atoms with van der Waals surface area (Å²) in [5.74, 6) is 0.401. The molecule has 17 heavy (non-hydrogen) atoms. The highest BCUT2D eigenvalue weighted by Gasteiger charge is 2.13. The highest BCUT2D eigenvalue weighted by molar-refractivity contribution is 5.58. The first-order chi connectivity index (χ1) is 8.16. The van der Waals surface area contributed by atoms with Crippen LogP contribution in [0.25, 0.3) is 11.5 Å². The van der Waals surface area contributed by atoms with Crippen LogP contribution in [-0.4, -0.2) is 22.7 Å². The minimum atomic E-state index is -2.40. The lowest BCUT2D eigenvalue weighted by Gasteiger charge is -2.13. The van der Waals surface area contributed by atoms with Crippen molar-refractivity contribution in [2.75, 3.05) is 5.32 Å². The van der Waals surface area contributed by atoms with Gasteiger partial charge in [-0.15, -0.1) is 10.2 Å². The van der Waals surface area contributed by atoms with Crippen LogP contribution < -0.4 is 5.32 Å². The lowest BCUT2D eigenvalue weighted by atomic mass is 10.2. The van der Waals surface area contributed by atoms with Crippen LogP contribution in [0.1, 0.15) is 6.92 Å². The Balaban J connectivity index is 2.08. The van der Waals surface area contributed by atoms with Gasteiger partial charge in [0, 0.05) is 11.3 Å². The Morgan fingerprint density at radius 2 is 1.94 bits per heavy atom. The molecule has 4 nitrogen and oxygen atoms in total. The summed E-state index contributed by atoms with van der Waals surface area (Å²) < 4.78 is 29.7. The Morgan fingerprint density at radius 1 is 1.24 bits per heavy atom. The first kappa shape index (κ1) is 11.5. The third-order valence-electron chi connectivity index (χ3n) is 2.26. The Hall–Kier alpha value is -1.98. The molecule has 2 aromatic rings. The van der Waals surface area contributed by atoms with Crippen molar-refractivity contribution in [2.24, 2.45) is 0 Å². The molecule has 0 radical (unpaired) electrons. The monoisotopic (exact) mass is 239 g/mol. The maximum absolute atomic E-state index is 12.3. The van der Waals surface area contributed by atoms with Crippen molar-refractivity contribution >= 4 is 5.69 Å². The van der Waals surface area contributed by atoms with Gasteiger partial charge in [-0.2, -0.15) is 0 Å². The largest absolute Gasteiger partial charge is 0.423 e. The van der Waals surface area contributed by atoms with Crippen LogP contribution >= 0.6 is 0 Å². The molecule has 0 saturated heterocycles. The summed E-state index contributed by atoms with van der Waals surface area (Å²) in [6.07, 6.45) is -1.16. The highest BCUT2D eigenvalue weighted by atomic mass is 19.3. The van der Waals surface area contributed by atoms with Crippen molar-refractivity contribution in [3.63, 3.8) is 0 Å². The first-order valence-corrected chi connectivity index (χ1v) is 5.08. The van der Waals surface area contributed by atoms with E-state index in [4.69, 9.17) is 4.42 Å². The quantitative estimate of drug-likeness (QED) is 0.891. The maximum atomic E-state index is 12.3. The van der Waals surface area contributed by atoms with Gasteiger partial charge in [0.2, 0.25) is 12.3 Å². The molecule has 0 aliphatic heterocycles. The van der Waals surface area contributed by atoms with Crippen LogP contribution in [0.15, 0.2) is 35.1 Å². The number of anilines is 1. The number of hydrogen-bond donors (Lipinski definition) is 1. The zero-order valence-corrected chi connectivity index (χ0v) is 9.10. The van der Waals surface area contributed by atoms with Gasteiger partial charge in [0.1, 0.15) is 0 Å². The smallest absolute Gasteiger partial charge is 0.258 e. The number of halogens is 2. The molecule has 1 unspecified atom stereocenters. The second-order valence-electron chi connectivity index (χ2n) is 3.59. The Bertz CT molecular complexity index is 456. The van der Waals surface area contributed by atoms with Gasteiger partial charge in [0.15, 0.2) is 0 Å². The van der Waals surface area contributed by atoms with Crippen molar-refractivity contribution in [3.05, 3.63) is 30.7 Å². The minimum Gasteiger partial charge on any atom is -0.423 e. The molecule has 0 fully saturated rings. The predicted molar refractivity (Wildman–Crippen MR) is 58.8 cm³/mol. The zero-order chi connectivity index (χ0) is 12.3. The number of benzene rings is 1. The normalized spacial score (nSPS) is 12.7. The van der Waals surface area contributed by atoms with E-state index < -0.39 is 12.5 Å². The van der Waals surface area contributed by atoms with Crippen LogP contribution in [0.2, 0.25) is 0 Å². The van der Waals surface area contributed by atoms with E-state index in [1.807, 2.05) is 0 Å². The van der Waals surface area contributed by atoms with Gasteiger partial charge in [-0.05, 0) is 31.2 Å². The van der Waals surface area contributed by atoms with Gasteiger partial charge in [-0.25, -0.2) is 8.78 Å². The summed E-state index contributed by atoms with van der Waals surface area (Å²) in [6, 6.07) is 5.96. The summed E-state index contributed by atoms with van der Waals surface area (Å²) in [7, 11) is 0. The van der Waals surface area contributed by atoms with Crippen molar-refractivity contribution < 1.29 is 13.2 Å². The molecule has 1 aromatic carbocycles. The summed E-state index contributed by atoms with van der Waals surface area (Å²) in [5, 5.41) is 10.0. The molecule has 1 N–H and O–H groups in total. The van der Waals surface area contributed by atoms with Gasteiger partial charge in [-0.1, -0.05) is 0 Å². The lowest BCUT2D eigenvalue weighted by molar-refractivity contribution is 0.131. The maximum Gasteiger partial charge on any atom is 0.258 e. The Kier molecular flexibility index (Phi) is 3.32. The summed E-state index contributed by atoms with van der Waals surface area (Å²) in [6.45, 7) is 1.43. The second kappa shape index (κ2) is 4.90. The molecular formula is C11H11F2N3O. The molecule has 6 heteroatoms. The van der Waals surface area contributed by atoms with E-state index in [1.165, 1.54) is 13.3 Å². The molecule has 2 rings (SSSR count). The molecule has 0 spiro atoms. The summed E-state index contributed by atoms with van der Waals surface area (Å²) in [4.78, 5) is 0. The second-order valence-corrected chi connectivity index (χ2v) is 3.59. The highest BCUT2D eigenvalue weighted by Crippen LogP contribution is 2.19. The van der Waals surface area contributed by atoms with Crippen molar-refractivity contribution in [1.82, 2.24) is 10.2 Å². The van der Waals surface area contributed by atoms with Gasteiger partial charge in [-0.3, -0.25) is 0 Å². The van der Waals surface area contributed by atoms with Crippen molar-refractivity contribution in [1.29, 1.82) is 0 Å². The summed E-state index contributed by atoms with van der Waals surface area (Å²) >= 11 is 0. The van der Waals surface area contributed by atoms with Crippen LogP contribution in [-0.2, 0) is 0 Å². The van der Waals surface area contributed by atoms with Crippen LogP contribution in [0.5, 0.6) is 0 Å². The van der Waals surface area contributed by atoms with E-state index >= 15 is 0 Å². The number of nitrogens with one attached hydrogen (secondary N) is 1.